The highest BCUT2D eigenvalue weighted by Gasteiger charge is 2.44. The Morgan fingerprint density at radius 2 is 1.58 bits per heavy atom. The van der Waals surface area contributed by atoms with E-state index in [-0.39, 0.29) is 12.4 Å². The average molecular weight is 310 g/mol. The van der Waals surface area contributed by atoms with E-state index in [1.807, 2.05) is 0 Å². The normalized spacial score (nSPS) is 13.3. The Bertz CT molecular complexity index is 403. The lowest BCUT2D eigenvalue weighted by Crippen LogP contribution is -2.34. The van der Waals surface area contributed by atoms with Gasteiger partial charge < -0.3 is 10.5 Å². The van der Waals surface area contributed by atoms with Crippen LogP contribution in [0.4, 0.5) is 26.3 Å². The zero-order chi connectivity index (χ0) is 13.9. The highest BCUT2D eigenvalue weighted by atomic mass is 35.5. The van der Waals surface area contributed by atoms with E-state index in [4.69, 9.17) is 5.73 Å². The lowest BCUT2D eigenvalue weighted by Gasteiger charge is -2.21. The molecule has 2 N–H and O–H groups in total. The van der Waals surface area contributed by atoms with Crippen LogP contribution >= 0.6 is 12.4 Å². The molecule has 0 saturated carbocycles. The number of para-hydroxylation sites is 1. The Morgan fingerprint density at radius 3 is 2.05 bits per heavy atom. The van der Waals surface area contributed by atoms with Crippen molar-refractivity contribution in [3.63, 3.8) is 0 Å². The lowest BCUT2D eigenvalue weighted by atomic mass is 10.1. The number of ether oxygens (including phenoxy) is 1. The maximum absolute atomic E-state index is 12.7. The molecule has 2 nitrogen and oxygen atoms in total. The van der Waals surface area contributed by atoms with Crippen LogP contribution in [0.2, 0.25) is 0 Å². The summed E-state index contributed by atoms with van der Waals surface area (Å²) >= 11 is 0. The topological polar surface area (TPSA) is 35.2 Å². The highest BCUT2D eigenvalue weighted by Crippen LogP contribution is 2.33. The zero-order valence-electron chi connectivity index (χ0n) is 9.20. The summed E-state index contributed by atoms with van der Waals surface area (Å²) in [5.74, 6) is -0.796. The van der Waals surface area contributed by atoms with Crippen molar-refractivity contribution in [2.75, 3.05) is 0 Å². The van der Waals surface area contributed by atoms with Gasteiger partial charge in [-0.2, -0.15) is 17.6 Å². The standard InChI is InChI=1S/C10H9F6NO.ClH/c11-8(12)7(17)5-3-1-2-4-6(5)18-10(15,16)9(13)14;/h1-4,7-9H,17H2;1H/t7-;/m1./s1. The van der Waals surface area contributed by atoms with E-state index in [2.05, 4.69) is 4.74 Å². The second kappa shape index (κ2) is 6.85. The van der Waals surface area contributed by atoms with Crippen LogP contribution in [0.25, 0.3) is 0 Å². The van der Waals surface area contributed by atoms with Crippen LogP contribution < -0.4 is 10.5 Å². The number of hydrogen-bond acceptors (Lipinski definition) is 2. The summed E-state index contributed by atoms with van der Waals surface area (Å²) in [6, 6.07) is 2.42. The van der Waals surface area contributed by atoms with Crippen molar-refractivity contribution in [3.8, 4) is 5.75 Å². The summed E-state index contributed by atoms with van der Waals surface area (Å²) < 4.78 is 77.7. The Morgan fingerprint density at radius 1 is 1.05 bits per heavy atom. The molecule has 0 radical (unpaired) electrons. The Kier molecular flexibility index (Phi) is 6.44. The molecule has 1 aromatic carbocycles. The van der Waals surface area contributed by atoms with Gasteiger partial charge in [0.05, 0.1) is 6.04 Å². The molecule has 0 fully saturated rings. The SMILES string of the molecule is Cl.N[C@H](c1ccccc1OC(F)(F)C(F)F)C(F)F. The van der Waals surface area contributed by atoms with Gasteiger partial charge in [0.1, 0.15) is 5.75 Å². The smallest absolute Gasteiger partial charge is 0.428 e. The molecule has 0 spiro atoms. The molecule has 0 saturated heterocycles. The van der Waals surface area contributed by atoms with Gasteiger partial charge in [0, 0.05) is 5.56 Å². The van der Waals surface area contributed by atoms with Crippen molar-refractivity contribution in [1.29, 1.82) is 0 Å². The summed E-state index contributed by atoms with van der Waals surface area (Å²) in [4.78, 5) is 0. The minimum Gasteiger partial charge on any atom is -0.428 e. The number of nitrogens with two attached hydrogens (primary N) is 1. The monoisotopic (exact) mass is 309 g/mol. The third-order valence-electron chi connectivity index (χ3n) is 2.05. The molecule has 1 aromatic rings. The zero-order valence-corrected chi connectivity index (χ0v) is 10.0. The van der Waals surface area contributed by atoms with Gasteiger partial charge in [0.25, 0.3) is 6.43 Å². The first-order valence-corrected chi connectivity index (χ1v) is 4.73. The maximum Gasteiger partial charge on any atom is 0.461 e. The molecule has 0 aliphatic heterocycles. The Balaban J connectivity index is 0.00000324. The molecule has 0 bridgehead atoms. The highest BCUT2D eigenvalue weighted by molar-refractivity contribution is 5.85. The first-order valence-electron chi connectivity index (χ1n) is 4.73. The first-order chi connectivity index (χ1) is 8.25. The van der Waals surface area contributed by atoms with Gasteiger partial charge in [0.15, 0.2) is 0 Å². The van der Waals surface area contributed by atoms with E-state index < -0.39 is 36.3 Å². The molecule has 19 heavy (non-hydrogen) atoms. The molecule has 9 heteroatoms. The molecule has 0 aliphatic carbocycles. The van der Waals surface area contributed by atoms with Crippen LogP contribution in [-0.4, -0.2) is 19.0 Å². The fraction of sp³-hybridized carbons (Fsp3) is 0.400. The molecular weight excluding hydrogens is 300 g/mol. The first kappa shape index (κ1) is 17.8. The molecule has 0 heterocycles. The van der Waals surface area contributed by atoms with Gasteiger partial charge in [0.2, 0.25) is 0 Å². The number of rotatable bonds is 5. The summed E-state index contributed by atoms with van der Waals surface area (Å²) in [5.41, 5.74) is 4.61. The molecule has 0 aliphatic rings. The van der Waals surface area contributed by atoms with Gasteiger partial charge in [-0.15, -0.1) is 12.4 Å². The van der Waals surface area contributed by atoms with Crippen LogP contribution in [0, 0.1) is 0 Å². The fourth-order valence-corrected chi connectivity index (χ4v) is 1.18. The van der Waals surface area contributed by atoms with E-state index in [9.17, 15) is 26.3 Å². The van der Waals surface area contributed by atoms with Crippen molar-refractivity contribution in [2.45, 2.75) is 25.0 Å². The summed E-state index contributed by atoms with van der Waals surface area (Å²) in [6.07, 6.45) is -11.9. The van der Waals surface area contributed by atoms with Gasteiger partial charge in [-0.3, -0.25) is 0 Å². The molecule has 0 unspecified atom stereocenters. The maximum atomic E-state index is 12.7. The minimum absolute atomic E-state index is 0. The third kappa shape index (κ3) is 4.46. The number of halogens is 7. The fourth-order valence-electron chi connectivity index (χ4n) is 1.18. The average Bonchev–Trinajstić information content (AvgIpc) is 2.28. The molecule has 110 valence electrons. The third-order valence-corrected chi connectivity index (χ3v) is 2.05. The van der Waals surface area contributed by atoms with Gasteiger partial charge >= 0.3 is 12.5 Å². The van der Waals surface area contributed by atoms with Crippen molar-refractivity contribution in [2.24, 2.45) is 5.73 Å². The summed E-state index contributed by atoms with van der Waals surface area (Å²) in [6.45, 7) is 0. The van der Waals surface area contributed by atoms with Crippen LogP contribution in [0.1, 0.15) is 11.6 Å². The number of alkyl halides is 6. The van der Waals surface area contributed by atoms with Crippen molar-refractivity contribution in [3.05, 3.63) is 29.8 Å². The van der Waals surface area contributed by atoms with E-state index in [1.165, 1.54) is 12.1 Å². The molecule has 1 rings (SSSR count). The molecule has 0 amide bonds. The summed E-state index contributed by atoms with van der Waals surface area (Å²) in [7, 11) is 0. The van der Waals surface area contributed by atoms with E-state index >= 15 is 0 Å². The van der Waals surface area contributed by atoms with E-state index in [0.717, 1.165) is 12.1 Å². The van der Waals surface area contributed by atoms with Crippen LogP contribution in [-0.2, 0) is 0 Å². The predicted molar refractivity (Wildman–Crippen MR) is 58.2 cm³/mol. The number of benzene rings is 1. The Hall–Kier alpha value is -1.15. The van der Waals surface area contributed by atoms with E-state index in [0.29, 0.717) is 0 Å². The largest absolute Gasteiger partial charge is 0.461 e. The van der Waals surface area contributed by atoms with Crippen LogP contribution in [0.3, 0.4) is 0 Å². The van der Waals surface area contributed by atoms with Crippen molar-refractivity contribution in [1.82, 2.24) is 0 Å². The number of hydrogen-bond donors (Lipinski definition) is 1. The second-order valence-corrected chi connectivity index (χ2v) is 3.36. The van der Waals surface area contributed by atoms with Crippen LogP contribution in [0.5, 0.6) is 5.75 Å². The van der Waals surface area contributed by atoms with Gasteiger partial charge in [-0.05, 0) is 6.07 Å². The van der Waals surface area contributed by atoms with Gasteiger partial charge in [-0.1, -0.05) is 18.2 Å². The predicted octanol–water partition coefficient (Wildman–Crippen LogP) is 3.61. The van der Waals surface area contributed by atoms with Crippen LogP contribution in [0.15, 0.2) is 24.3 Å². The van der Waals surface area contributed by atoms with Crippen molar-refractivity contribution >= 4 is 12.4 Å². The summed E-state index contributed by atoms with van der Waals surface area (Å²) in [5, 5.41) is 0. The molecular formula is C10H10ClF6NO. The van der Waals surface area contributed by atoms with Gasteiger partial charge in [-0.25, -0.2) is 8.78 Å². The minimum atomic E-state index is -4.77. The molecule has 0 aromatic heterocycles. The quantitative estimate of drug-likeness (QED) is 0.843. The van der Waals surface area contributed by atoms with E-state index in [1.54, 1.807) is 0 Å². The van der Waals surface area contributed by atoms with Crippen molar-refractivity contribution < 1.29 is 31.1 Å². The second-order valence-electron chi connectivity index (χ2n) is 3.36. The Labute approximate surface area is 110 Å². The lowest BCUT2D eigenvalue weighted by molar-refractivity contribution is -0.253. The molecule has 1 atom stereocenters.